The lowest BCUT2D eigenvalue weighted by Crippen LogP contribution is -2.48. The predicted octanol–water partition coefficient (Wildman–Crippen LogP) is 1.02. The van der Waals surface area contributed by atoms with Crippen molar-refractivity contribution in [1.29, 1.82) is 0 Å². The summed E-state index contributed by atoms with van der Waals surface area (Å²) in [6, 6.07) is 3.95. The van der Waals surface area contributed by atoms with Gasteiger partial charge in [-0.05, 0) is 30.6 Å². The third kappa shape index (κ3) is 3.91. The lowest BCUT2D eigenvalue weighted by molar-refractivity contribution is -0.141. The molecule has 9 nitrogen and oxygen atoms in total. The summed E-state index contributed by atoms with van der Waals surface area (Å²) in [4.78, 5) is 33.0. The van der Waals surface area contributed by atoms with Gasteiger partial charge < -0.3 is 18.7 Å². The summed E-state index contributed by atoms with van der Waals surface area (Å²) in [5, 5.41) is 4.12. The summed E-state index contributed by atoms with van der Waals surface area (Å²) >= 11 is 0. The number of piperidine rings is 1. The molecule has 0 radical (unpaired) electrons. The van der Waals surface area contributed by atoms with Gasteiger partial charge in [-0.15, -0.1) is 0 Å². The average Bonchev–Trinajstić information content (AvgIpc) is 3.19. The van der Waals surface area contributed by atoms with Gasteiger partial charge >= 0.3 is 5.97 Å². The highest BCUT2D eigenvalue weighted by atomic mass is 16.5. The van der Waals surface area contributed by atoms with Gasteiger partial charge in [-0.1, -0.05) is 13.0 Å². The molecule has 4 rings (SSSR count). The summed E-state index contributed by atoms with van der Waals surface area (Å²) in [6.07, 6.45) is 1.79. The molecule has 0 aliphatic carbocycles. The summed E-state index contributed by atoms with van der Waals surface area (Å²) in [6.45, 7) is 4.84. The van der Waals surface area contributed by atoms with Crippen molar-refractivity contribution >= 4 is 11.9 Å². The monoisotopic (exact) mass is 401 g/mol. The van der Waals surface area contributed by atoms with E-state index >= 15 is 0 Å². The number of methoxy groups -OCH3 is 1. The van der Waals surface area contributed by atoms with Crippen LogP contribution in [0.25, 0.3) is 0 Å². The zero-order valence-electron chi connectivity index (χ0n) is 17.1. The first-order chi connectivity index (χ1) is 14.0. The second-order valence-corrected chi connectivity index (χ2v) is 7.99. The van der Waals surface area contributed by atoms with Crippen LogP contribution in [-0.4, -0.2) is 59.4 Å². The van der Waals surface area contributed by atoms with E-state index in [1.54, 1.807) is 4.90 Å². The van der Waals surface area contributed by atoms with Crippen molar-refractivity contribution in [2.24, 2.45) is 5.92 Å². The van der Waals surface area contributed by atoms with Crippen molar-refractivity contribution < 1.29 is 14.1 Å². The molecule has 2 atom stereocenters. The van der Waals surface area contributed by atoms with Crippen molar-refractivity contribution in [2.75, 3.05) is 38.7 Å². The number of likely N-dealkylation sites (N-methyl/N-ethyl adjacent to an activating group) is 1. The summed E-state index contributed by atoms with van der Waals surface area (Å²) in [5.41, 5.74) is 1.80. The number of carbonyl (C=O) groups is 1. The normalized spacial score (nSPS) is 20.6. The van der Waals surface area contributed by atoms with E-state index in [2.05, 4.69) is 21.1 Å². The number of esters is 1. The van der Waals surface area contributed by atoms with E-state index in [0.29, 0.717) is 36.4 Å². The third-order valence-corrected chi connectivity index (χ3v) is 5.79. The molecule has 0 spiro atoms. The maximum Gasteiger partial charge on any atom is 0.319 e. The molecule has 29 heavy (non-hydrogen) atoms. The highest BCUT2D eigenvalue weighted by Crippen LogP contribution is 2.36. The molecule has 4 heterocycles. The fourth-order valence-corrected chi connectivity index (χ4v) is 4.42. The highest BCUT2D eigenvalue weighted by molar-refractivity contribution is 5.71. The largest absolute Gasteiger partial charge is 0.468 e. The highest BCUT2D eigenvalue weighted by Gasteiger charge is 2.36. The third-order valence-electron chi connectivity index (χ3n) is 5.79. The van der Waals surface area contributed by atoms with Crippen LogP contribution in [0, 0.1) is 5.92 Å². The van der Waals surface area contributed by atoms with Crippen LogP contribution in [-0.2, 0) is 29.0 Å². The van der Waals surface area contributed by atoms with Crippen LogP contribution >= 0.6 is 0 Å². The Morgan fingerprint density at radius 1 is 1.34 bits per heavy atom. The first kappa shape index (κ1) is 19.6. The second-order valence-electron chi connectivity index (χ2n) is 7.99. The predicted molar refractivity (Wildman–Crippen MR) is 106 cm³/mol. The van der Waals surface area contributed by atoms with Crippen molar-refractivity contribution in [2.45, 2.75) is 38.8 Å². The molecule has 1 fully saturated rings. The molecular formula is C20H27N5O4. The van der Waals surface area contributed by atoms with Gasteiger partial charge in [-0.3, -0.25) is 14.5 Å². The number of aromatic nitrogens is 3. The minimum atomic E-state index is -0.312. The molecule has 1 saturated heterocycles. The van der Waals surface area contributed by atoms with Gasteiger partial charge in [0.2, 0.25) is 5.89 Å². The van der Waals surface area contributed by atoms with Crippen molar-refractivity contribution in [3.05, 3.63) is 39.6 Å². The number of hydrogen-bond donors (Lipinski definition) is 0. The molecule has 2 aromatic heterocycles. The van der Waals surface area contributed by atoms with Crippen LogP contribution in [0.1, 0.15) is 36.4 Å². The van der Waals surface area contributed by atoms with E-state index < -0.39 is 0 Å². The van der Waals surface area contributed by atoms with Crippen LogP contribution in [0.5, 0.6) is 0 Å². The van der Waals surface area contributed by atoms with E-state index in [1.807, 2.05) is 24.6 Å². The number of nitrogens with zero attached hydrogens (tertiary/aromatic N) is 5. The number of aryl methyl sites for hydroxylation is 1. The fourth-order valence-electron chi connectivity index (χ4n) is 4.42. The van der Waals surface area contributed by atoms with E-state index in [-0.39, 0.29) is 24.0 Å². The standard InChI is InChI=1S/C20H27N5O4/c1-4-17-21-20(22-29-17)24-8-13-7-15(11-24)16-6-5-14(19(27)25(16)9-13)10-23(2)12-18(26)28-3/h5-6,13,15H,4,7-12H2,1-3H3/t13-,15+/m0/s1. The molecule has 2 bridgehead atoms. The van der Waals surface area contributed by atoms with Crippen LogP contribution in [0.3, 0.4) is 0 Å². The molecule has 0 N–H and O–H groups in total. The Bertz CT molecular complexity index is 953. The van der Waals surface area contributed by atoms with Crippen LogP contribution < -0.4 is 10.5 Å². The number of pyridine rings is 1. The van der Waals surface area contributed by atoms with Gasteiger partial charge in [-0.2, -0.15) is 4.98 Å². The summed E-state index contributed by atoms with van der Waals surface area (Å²) < 4.78 is 11.9. The molecular weight excluding hydrogens is 374 g/mol. The summed E-state index contributed by atoms with van der Waals surface area (Å²) in [5.74, 6) is 1.61. The van der Waals surface area contributed by atoms with E-state index in [1.165, 1.54) is 7.11 Å². The number of hydrogen-bond acceptors (Lipinski definition) is 8. The Kier molecular flexibility index (Phi) is 5.40. The SMILES string of the molecule is CCc1nc(N2C[C@@H]3C[C@H](C2)c2ccc(CN(C)CC(=O)OC)c(=O)n2C3)no1. The Morgan fingerprint density at radius 3 is 2.90 bits per heavy atom. The van der Waals surface area contributed by atoms with Crippen molar-refractivity contribution in [3.63, 3.8) is 0 Å². The topological polar surface area (TPSA) is 93.7 Å². The molecule has 156 valence electrons. The van der Waals surface area contributed by atoms with Crippen LogP contribution in [0.2, 0.25) is 0 Å². The molecule has 0 amide bonds. The minimum absolute atomic E-state index is 0.0372. The van der Waals surface area contributed by atoms with Crippen molar-refractivity contribution in [3.8, 4) is 0 Å². The Balaban J connectivity index is 1.53. The molecule has 2 aliphatic heterocycles. The number of rotatable bonds is 6. The first-order valence-corrected chi connectivity index (χ1v) is 10.0. The van der Waals surface area contributed by atoms with Gasteiger partial charge in [-0.25, -0.2) is 0 Å². The lowest BCUT2D eigenvalue weighted by atomic mass is 9.83. The van der Waals surface area contributed by atoms with Gasteiger partial charge in [0.05, 0.1) is 13.7 Å². The fraction of sp³-hybridized carbons (Fsp3) is 0.600. The number of carbonyl (C=O) groups excluding carboxylic acids is 1. The molecule has 0 unspecified atom stereocenters. The van der Waals surface area contributed by atoms with E-state index in [0.717, 1.165) is 31.6 Å². The quantitative estimate of drug-likeness (QED) is 0.663. The molecule has 2 aliphatic rings. The minimum Gasteiger partial charge on any atom is -0.468 e. The number of fused-ring (bicyclic) bond motifs is 4. The Hall–Kier alpha value is -2.68. The van der Waals surface area contributed by atoms with E-state index in [4.69, 9.17) is 9.26 Å². The number of ether oxygens (including phenoxy) is 1. The maximum atomic E-state index is 13.1. The van der Waals surface area contributed by atoms with Crippen LogP contribution in [0.15, 0.2) is 21.5 Å². The Labute approximate surface area is 169 Å². The first-order valence-electron chi connectivity index (χ1n) is 10.0. The molecule has 9 heteroatoms. The van der Waals surface area contributed by atoms with Gasteiger partial charge in [0.1, 0.15) is 0 Å². The van der Waals surface area contributed by atoms with Gasteiger partial charge in [0.25, 0.3) is 11.5 Å². The maximum absolute atomic E-state index is 13.1. The Morgan fingerprint density at radius 2 is 2.17 bits per heavy atom. The molecule has 0 aromatic carbocycles. The van der Waals surface area contributed by atoms with Crippen LogP contribution in [0.4, 0.5) is 5.95 Å². The smallest absolute Gasteiger partial charge is 0.319 e. The zero-order chi connectivity index (χ0) is 20.5. The van der Waals surface area contributed by atoms with Crippen molar-refractivity contribution in [1.82, 2.24) is 19.6 Å². The molecule has 2 aromatic rings. The van der Waals surface area contributed by atoms with E-state index in [9.17, 15) is 9.59 Å². The summed E-state index contributed by atoms with van der Waals surface area (Å²) in [7, 11) is 3.17. The average molecular weight is 401 g/mol. The second kappa shape index (κ2) is 7.98. The van der Waals surface area contributed by atoms with Gasteiger partial charge in [0, 0.05) is 49.8 Å². The molecule has 0 saturated carbocycles. The zero-order valence-corrected chi connectivity index (χ0v) is 17.1. The number of anilines is 1. The lowest BCUT2D eigenvalue weighted by Gasteiger charge is -2.42. The van der Waals surface area contributed by atoms with Gasteiger partial charge in [0.15, 0.2) is 0 Å².